The van der Waals surface area contributed by atoms with Crippen LogP contribution in [0, 0.1) is 0 Å². The van der Waals surface area contributed by atoms with Crippen molar-refractivity contribution in [2.45, 2.75) is 6.42 Å². The van der Waals surface area contributed by atoms with E-state index in [2.05, 4.69) is 0 Å². The molecular formula is C6H15NO2S. The van der Waals surface area contributed by atoms with Gasteiger partial charge in [0.1, 0.15) is 9.84 Å². The molecule has 0 atom stereocenters. The number of hydrogen-bond acceptors (Lipinski definition) is 3. The Hall–Kier alpha value is -0.0900. The number of sulfone groups is 1. The molecule has 4 heteroatoms. The first-order valence-electron chi connectivity index (χ1n) is 3.24. The highest BCUT2D eigenvalue weighted by molar-refractivity contribution is 7.90. The molecule has 0 rings (SSSR count). The zero-order valence-corrected chi connectivity index (χ0v) is 7.61. The zero-order valence-electron chi connectivity index (χ0n) is 6.79. The standard InChI is InChI=1S/C6H15NO2S/c1-7(2)5-4-6-10(3,8)9/h4-6H2,1-3H3. The third-order valence-corrected chi connectivity index (χ3v) is 2.15. The average molecular weight is 165 g/mol. The van der Waals surface area contributed by atoms with E-state index in [0.29, 0.717) is 5.75 Å². The van der Waals surface area contributed by atoms with Gasteiger partial charge in [-0.15, -0.1) is 0 Å². The Bertz CT molecular complexity index is 172. The van der Waals surface area contributed by atoms with Crippen molar-refractivity contribution in [3.63, 3.8) is 0 Å². The lowest BCUT2D eigenvalue weighted by atomic mass is 10.5. The van der Waals surface area contributed by atoms with Gasteiger partial charge < -0.3 is 4.90 Å². The van der Waals surface area contributed by atoms with E-state index in [0.717, 1.165) is 13.0 Å². The van der Waals surface area contributed by atoms with Gasteiger partial charge in [0.15, 0.2) is 0 Å². The van der Waals surface area contributed by atoms with E-state index in [1.807, 2.05) is 19.0 Å². The summed E-state index contributed by atoms with van der Waals surface area (Å²) in [6.45, 7) is 0.840. The first-order chi connectivity index (χ1) is 4.42. The largest absolute Gasteiger partial charge is 0.309 e. The van der Waals surface area contributed by atoms with Crippen molar-refractivity contribution in [2.24, 2.45) is 0 Å². The van der Waals surface area contributed by atoms with Gasteiger partial charge in [-0.1, -0.05) is 0 Å². The fraction of sp³-hybridized carbons (Fsp3) is 1.00. The van der Waals surface area contributed by atoms with Crippen molar-refractivity contribution in [1.29, 1.82) is 0 Å². The zero-order chi connectivity index (χ0) is 8.20. The van der Waals surface area contributed by atoms with Gasteiger partial charge in [-0.25, -0.2) is 8.42 Å². The summed E-state index contributed by atoms with van der Waals surface area (Å²) in [5.74, 6) is 0.297. The van der Waals surface area contributed by atoms with Crippen molar-refractivity contribution in [1.82, 2.24) is 4.90 Å². The third kappa shape index (κ3) is 7.91. The van der Waals surface area contributed by atoms with Crippen LogP contribution in [0.3, 0.4) is 0 Å². The fourth-order valence-electron chi connectivity index (χ4n) is 0.643. The van der Waals surface area contributed by atoms with Crippen LogP contribution in [0.25, 0.3) is 0 Å². The summed E-state index contributed by atoms with van der Waals surface area (Å²) in [5.41, 5.74) is 0. The Labute approximate surface area is 62.9 Å². The number of rotatable bonds is 4. The lowest BCUT2D eigenvalue weighted by Gasteiger charge is -2.07. The summed E-state index contributed by atoms with van der Waals surface area (Å²) < 4.78 is 21.2. The predicted molar refractivity (Wildman–Crippen MR) is 42.9 cm³/mol. The maximum Gasteiger partial charge on any atom is 0.147 e. The fourth-order valence-corrected chi connectivity index (χ4v) is 1.30. The molecule has 62 valence electrons. The summed E-state index contributed by atoms with van der Waals surface area (Å²) >= 11 is 0. The Morgan fingerprint density at radius 3 is 2.10 bits per heavy atom. The van der Waals surface area contributed by atoms with Crippen molar-refractivity contribution in [2.75, 3.05) is 32.6 Å². The highest BCUT2D eigenvalue weighted by Crippen LogP contribution is 1.89. The molecule has 0 amide bonds. The molecule has 0 saturated heterocycles. The van der Waals surface area contributed by atoms with Crippen molar-refractivity contribution in [3.05, 3.63) is 0 Å². The molecule has 3 nitrogen and oxygen atoms in total. The molecule has 0 fully saturated rings. The van der Waals surface area contributed by atoms with Crippen LogP contribution in [0.15, 0.2) is 0 Å². The minimum absolute atomic E-state index is 0.297. The summed E-state index contributed by atoms with van der Waals surface area (Å²) in [4.78, 5) is 1.98. The third-order valence-electron chi connectivity index (χ3n) is 1.12. The smallest absolute Gasteiger partial charge is 0.147 e. The highest BCUT2D eigenvalue weighted by Gasteiger charge is 2.00. The van der Waals surface area contributed by atoms with Gasteiger partial charge in [-0.05, 0) is 27.1 Å². The highest BCUT2D eigenvalue weighted by atomic mass is 32.2. The Balaban J connectivity index is 3.39. The van der Waals surface area contributed by atoms with E-state index < -0.39 is 9.84 Å². The Morgan fingerprint density at radius 1 is 1.30 bits per heavy atom. The van der Waals surface area contributed by atoms with Gasteiger partial charge in [0, 0.05) is 6.26 Å². The molecule has 0 spiro atoms. The van der Waals surface area contributed by atoms with E-state index in [1.165, 1.54) is 6.26 Å². The molecule has 0 aliphatic carbocycles. The van der Waals surface area contributed by atoms with Crippen LogP contribution in [-0.2, 0) is 9.84 Å². The number of nitrogens with zero attached hydrogens (tertiary/aromatic N) is 1. The molecular weight excluding hydrogens is 150 g/mol. The molecule has 0 radical (unpaired) electrons. The summed E-state index contributed by atoms with van der Waals surface area (Å²) in [6, 6.07) is 0. The van der Waals surface area contributed by atoms with E-state index in [9.17, 15) is 8.42 Å². The molecule has 0 aliphatic heterocycles. The van der Waals surface area contributed by atoms with E-state index >= 15 is 0 Å². The van der Waals surface area contributed by atoms with Crippen molar-refractivity contribution in [3.8, 4) is 0 Å². The SMILES string of the molecule is CN(C)CCCS(C)(=O)=O. The van der Waals surface area contributed by atoms with Crippen LogP contribution in [-0.4, -0.2) is 46.0 Å². The number of hydrogen-bond donors (Lipinski definition) is 0. The van der Waals surface area contributed by atoms with Crippen LogP contribution in [0.2, 0.25) is 0 Å². The molecule has 0 N–H and O–H groups in total. The summed E-state index contributed by atoms with van der Waals surface area (Å²) in [7, 11) is 1.12. The van der Waals surface area contributed by atoms with Crippen LogP contribution in [0.4, 0.5) is 0 Å². The molecule has 0 unspecified atom stereocenters. The maximum absolute atomic E-state index is 10.6. The first kappa shape index (κ1) is 9.91. The topological polar surface area (TPSA) is 37.4 Å². The van der Waals surface area contributed by atoms with Crippen LogP contribution >= 0.6 is 0 Å². The van der Waals surface area contributed by atoms with Gasteiger partial charge >= 0.3 is 0 Å². The van der Waals surface area contributed by atoms with Gasteiger partial charge in [-0.2, -0.15) is 0 Å². The predicted octanol–water partition coefficient (Wildman–Crippen LogP) is -0.0173. The molecule has 0 aromatic carbocycles. The van der Waals surface area contributed by atoms with E-state index in [-0.39, 0.29) is 0 Å². The monoisotopic (exact) mass is 165 g/mol. The molecule has 0 aromatic heterocycles. The van der Waals surface area contributed by atoms with Crippen LogP contribution in [0.1, 0.15) is 6.42 Å². The van der Waals surface area contributed by atoms with Crippen LogP contribution < -0.4 is 0 Å². The van der Waals surface area contributed by atoms with Crippen LogP contribution in [0.5, 0.6) is 0 Å². The Morgan fingerprint density at radius 2 is 1.80 bits per heavy atom. The lowest BCUT2D eigenvalue weighted by molar-refractivity contribution is 0.408. The maximum atomic E-state index is 10.6. The quantitative estimate of drug-likeness (QED) is 0.587. The average Bonchev–Trinajstić information content (AvgIpc) is 1.59. The molecule has 0 aliphatic rings. The molecule has 0 heterocycles. The summed E-state index contributed by atoms with van der Waals surface area (Å²) in [5, 5.41) is 0. The molecule has 0 aromatic rings. The second-order valence-electron chi connectivity index (χ2n) is 2.79. The normalized spacial score (nSPS) is 12.4. The van der Waals surface area contributed by atoms with E-state index in [4.69, 9.17) is 0 Å². The molecule has 0 bridgehead atoms. The van der Waals surface area contributed by atoms with Gasteiger partial charge in [0.25, 0.3) is 0 Å². The minimum Gasteiger partial charge on any atom is -0.309 e. The van der Waals surface area contributed by atoms with E-state index in [1.54, 1.807) is 0 Å². The van der Waals surface area contributed by atoms with Crippen molar-refractivity contribution >= 4 is 9.84 Å². The Kier molecular flexibility index (Phi) is 3.89. The molecule has 10 heavy (non-hydrogen) atoms. The van der Waals surface area contributed by atoms with Crippen molar-refractivity contribution < 1.29 is 8.42 Å². The molecule has 0 saturated carbocycles. The summed E-state index contributed by atoms with van der Waals surface area (Å²) in [6.07, 6.45) is 1.99. The second-order valence-corrected chi connectivity index (χ2v) is 5.05. The van der Waals surface area contributed by atoms with Gasteiger partial charge in [0.05, 0.1) is 5.75 Å². The van der Waals surface area contributed by atoms with Gasteiger partial charge in [0.2, 0.25) is 0 Å². The van der Waals surface area contributed by atoms with Gasteiger partial charge in [-0.3, -0.25) is 0 Å². The second kappa shape index (κ2) is 3.93. The first-order valence-corrected chi connectivity index (χ1v) is 5.30. The minimum atomic E-state index is -2.75. The lowest BCUT2D eigenvalue weighted by Crippen LogP contribution is -2.16.